The van der Waals surface area contributed by atoms with E-state index in [0.717, 1.165) is 5.56 Å². The highest BCUT2D eigenvalue weighted by molar-refractivity contribution is 6.03. The molecule has 0 radical (unpaired) electrons. The van der Waals surface area contributed by atoms with E-state index in [1.54, 1.807) is 21.4 Å². The first kappa shape index (κ1) is 16.8. The first-order valence-corrected chi connectivity index (χ1v) is 7.16. The van der Waals surface area contributed by atoms with E-state index in [4.69, 9.17) is 0 Å². The van der Waals surface area contributed by atoms with Gasteiger partial charge in [0.05, 0.1) is 5.69 Å². The summed E-state index contributed by atoms with van der Waals surface area (Å²) in [5.74, 6) is -0.183. The summed E-state index contributed by atoms with van der Waals surface area (Å²) in [6.45, 7) is 8.40. The van der Waals surface area contributed by atoms with Gasteiger partial charge < -0.3 is 14.5 Å². The summed E-state index contributed by atoms with van der Waals surface area (Å²) >= 11 is 0. The van der Waals surface area contributed by atoms with Gasteiger partial charge in [-0.15, -0.1) is 0 Å². The van der Waals surface area contributed by atoms with Gasteiger partial charge in [0.1, 0.15) is 5.69 Å². The van der Waals surface area contributed by atoms with Crippen LogP contribution in [-0.2, 0) is 13.6 Å². The van der Waals surface area contributed by atoms with Crippen molar-refractivity contribution in [1.29, 1.82) is 0 Å². The summed E-state index contributed by atoms with van der Waals surface area (Å²) in [4.78, 5) is 23.6. The molecule has 0 aliphatic heterocycles. The number of amides is 1. The van der Waals surface area contributed by atoms with Crippen LogP contribution in [0.25, 0.3) is 0 Å². The van der Waals surface area contributed by atoms with E-state index in [2.05, 4.69) is 5.32 Å². The highest BCUT2D eigenvalue weighted by atomic mass is 16.2. The normalized spacial score (nSPS) is 9.76. The van der Waals surface area contributed by atoms with Gasteiger partial charge in [0, 0.05) is 32.1 Å². The molecule has 2 aromatic rings. The minimum atomic E-state index is -0.183. The lowest BCUT2D eigenvalue weighted by Gasteiger charge is -2.08. The van der Waals surface area contributed by atoms with E-state index < -0.39 is 0 Å². The zero-order valence-electron chi connectivity index (χ0n) is 13.3. The van der Waals surface area contributed by atoms with E-state index in [0.29, 0.717) is 17.9 Å². The molecule has 2 rings (SSSR count). The van der Waals surface area contributed by atoms with E-state index in [-0.39, 0.29) is 11.5 Å². The number of hydrogen-bond acceptors (Lipinski definition) is 2. The topological polar surface area (TPSA) is 56.0 Å². The van der Waals surface area contributed by atoms with Gasteiger partial charge >= 0.3 is 0 Å². The van der Waals surface area contributed by atoms with Crippen molar-refractivity contribution in [1.82, 2.24) is 9.13 Å². The maximum absolute atomic E-state index is 12.1. The zero-order chi connectivity index (χ0) is 16.0. The third-order valence-corrected chi connectivity index (χ3v) is 2.96. The number of rotatable bonds is 3. The van der Waals surface area contributed by atoms with Gasteiger partial charge in [-0.3, -0.25) is 9.59 Å². The second-order valence-corrected chi connectivity index (χ2v) is 4.51. The van der Waals surface area contributed by atoms with E-state index in [1.165, 1.54) is 6.07 Å². The SMILES string of the molecule is CC.CCn1cc(NC(=O)c2cc(C)cn2C)ccc1=O. The van der Waals surface area contributed by atoms with Crippen molar-refractivity contribution in [2.75, 3.05) is 5.32 Å². The van der Waals surface area contributed by atoms with Crippen molar-refractivity contribution in [2.24, 2.45) is 7.05 Å². The predicted octanol–water partition coefficient (Wildman–Crippen LogP) is 2.79. The molecule has 0 saturated heterocycles. The average molecular weight is 289 g/mol. The number of nitrogens with one attached hydrogen (secondary N) is 1. The lowest BCUT2D eigenvalue weighted by atomic mass is 10.3. The Hall–Kier alpha value is -2.30. The number of carbonyl (C=O) groups is 1. The Morgan fingerprint density at radius 2 is 1.90 bits per heavy atom. The number of nitrogens with zero attached hydrogens (tertiary/aromatic N) is 2. The largest absolute Gasteiger partial charge is 0.346 e. The van der Waals surface area contributed by atoms with Crippen LogP contribution in [0.5, 0.6) is 0 Å². The van der Waals surface area contributed by atoms with Crippen LogP contribution in [0.3, 0.4) is 0 Å². The van der Waals surface area contributed by atoms with E-state index in [9.17, 15) is 9.59 Å². The fourth-order valence-corrected chi connectivity index (χ4v) is 2.00. The maximum atomic E-state index is 12.1. The zero-order valence-corrected chi connectivity index (χ0v) is 13.3. The quantitative estimate of drug-likeness (QED) is 0.944. The van der Waals surface area contributed by atoms with Gasteiger partial charge in [0.2, 0.25) is 0 Å². The monoisotopic (exact) mass is 289 g/mol. The van der Waals surface area contributed by atoms with Crippen molar-refractivity contribution in [3.05, 3.63) is 52.2 Å². The Morgan fingerprint density at radius 3 is 2.43 bits per heavy atom. The van der Waals surface area contributed by atoms with Crippen molar-refractivity contribution in [3.63, 3.8) is 0 Å². The minimum absolute atomic E-state index is 0.0739. The third-order valence-electron chi connectivity index (χ3n) is 2.96. The van der Waals surface area contributed by atoms with Crippen LogP contribution in [0.1, 0.15) is 36.8 Å². The fourth-order valence-electron chi connectivity index (χ4n) is 2.00. The molecule has 0 aliphatic carbocycles. The molecule has 0 atom stereocenters. The molecule has 2 aromatic heterocycles. The van der Waals surface area contributed by atoms with Gasteiger partial charge in [-0.25, -0.2) is 0 Å². The fraction of sp³-hybridized carbons (Fsp3) is 0.375. The molecular weight excluding hydrogens is 266 g/mol. The van der Waals surface area contributed by atoms with Crippen LogP contribution in [0.2, 0.25) is 0 Å². The Labute approximate surface area is 125 Å². The first-order valence-electron chi connectivity index (χ1n) is 7.16. The standard InChI is InChI=1S/C14H17N3O2.C2H6/c1-4-17-9-11(5-6-13(17)18)15-14(19)12-7-10(2)8-16(12)3;1-2/h5-9H,4H2,1-3H3,(H,15,19);1-2H3. The predicted molar refractivity (Wildman–Crippen MR) is 85.8 cm³/mol. The van der Waals surface area contributed by atoms with Crippen LogP contribution in [0, 0.1) is 6.92 Å². The Bertz CT molecular complexity index is 668. The highest BCUT2D eigenvalue weighted by Gasteiger charge is 2.11. The average Bonchev–Trinajstić information content (AvgIpc) is 2.82. The van der Waals surface area contributed by atoms with Gasteiger partial charge in [-0.05, 0) is 31.5 Å². The minimum Gasteiger partial charge on any atom is -0.346 e. The maximum Gasteiger partial charge on any atom is 0.272 e. The molecule has 0 unspecified atom stereocenters. The molecule has 0 aliphatic rings. The number of aryl methyl sites for hydroxylation is 3. The van der Waals surface area contributed by atoms with Crippen LogP contribution in [0.4, 0.5) is 5.69 Å². The molecule has 114 valence electrons. The van der Waals surface area contributed by atoms with Gasteiger partial charge in [0.15, 0.2) is 0 Å². The summed E-state index contributed by atoms with van der Waals surface area (Å²) < 4.78 is 3.33. The number of aromatic nitrogens is 2. The van der Waals surface area contributed by atoms with Gasteiger partial charge in [-0.1, -0.05) is 13.8 Å². The summed E-state index contributed by atoms with van der Waals surface area (Å²) in [5, 5.41) is 2.79. The first-order chi connectivity index (χ1) is 10.0. The lowest BCUT2D eigenvalue weighted by molar-refractivity contribution is 0.101. The van der Waals surface area contributed by atoms with E-state index in [1.807, 2.05) is 47.0 Å². The molecule has 5 heteroatoms. The Morgan fingerprint density at radius 1 is 1.24 bits per heavy atom. The van der Waals surface area contributed by atoms with Crippen molar-refractivity contribution >= 4 is 11.6 Å². The molecule has 5 nitrogen and oxygen atoms in total. The molecule has 0 aromatic carbocycles. The van der Waals surface area contributed by atoms with Crippen molar-refractivity contribution in [2.45, 2.75) is 34.2 Å². The number of anilines is 1. The summed E-state index contributed by atoms with van der Waals surface area (Å²) in [6, 6.07) is 4.89. The number of pyridine rings is 1. The molecular formula is C16H23N3O2. The highest BCUT2D eigenvalue weighted by Crippen LogP contribution is 2.10. The molecule has 21 heavy (non-hydrogen) atoms. The van der Waals surface area contributed by atoms with Crippen molar-refractivity contribution in [3.8, 4) is 0 Å². The lowest BCUT2D eigenvalue weighted by Crippen LogP contribution is -2.20. The molecule has 2 heterocycles. The van der Waals surface area contributed by atoms with Crippen LogP contribution in [-0.4, -0.2) is 15.0 Å². The number of hydrogen-bond donors (Lipinski definition) is 1. The smallest absolute Gasteiger partial charge is 0.272 e. The van der Waals surface area contributed by atoms with Crippen LogP contribution >= 0.6 is 0 Å². The molecule has 1 amide bonds. The van der Waals surface area contributed by atoms with Gasteiger partial charge in [-0.2, -0.15) is 0 Å². The summed E-state index contributed by atoms with van der Waals surface area (Å²) in [5.41, 5.74) is 2.17. The molecule has 0 spiro atoms. The molecule has 0 bridgehead atoms. The number of carbonyl (C=O) groups excluding carboxylic acids is 1. The Balaban J connectivity index is 0.00000106. The van der Waals surface area contributed by atoms with Gasteiger partial charge in [0.25, 0.3) is 11.5 Å². The molecule has 0 saturated carbocycles. The van der Waals surface area contributed by atoms with Crippen LogP contribution in [0.15, 0.2) is 35.4 Å². The Kier molecular flexibility index (Phi) is 5.96. The summed E-state index contributed by atoms with van der Waals surface area (Å²) in [6.07, 6.45) is 3.54. The molecule has 0 fully saturated rings. The van der Waals surface area contributed by atoms with Crippen LogP contribution < -0.4 is 10.9 Å². The van der Waals surface area contributed by atoms with E-state index >= 15 is 0 Å². The summed E-state index contributed by atoms with van der Waals surface area (Å²) in [7, 11) is 1.83. The molecule has 1 N–H and O–H groups in total. The second kappa shape index (κ2) is 7.47. The van der Waals surface area contributed by atoms with Crippen molar-refractivity contribution < 1.29 is 4.79 Å². The second-order valence-electron chi connectivity index (χ2n) is 4.51. The third kappa shape index (κ3) is 4.08.